The molecule has 0 saturated carbocycles. The predicted octanol–water partition coefficient (Wildman–Crippen LogP) is 3.53. The SMILES string of the molecule is CC(Cc1ccoc1)NC(=O)COc1ccc(C(C)C)cc1. The van der Waals surface area contributed by atoms with Crippen LogP contribution in [0.2, 0.25) is 0 Å². The van der Waals surface area contributed by atoms with Gasteiger partial charge in [-0.05, 0) is 48.6 Å². The normalized spacial score (nSPS) is 12.2. The molecule has 4 nitrogen and oxygen atoms in total. The molecule has 0 aliphatic heterocycles. The molecule has 1 amide bonds. The largest absolute Gasteiger partial charge is 0.484 e. The number of hydrogen-bond acceptors (Lipinski definition) is 3. The summed E-state index contributed by atoms with van der Waals surface area (Å²) in [7, 11) is 0. The molecule has 1 aromatic carbocycles. The summed E-state index contributed by atoms with van der Waals surface area (Å²) in [4.78, 5) is 11.9. The van der Waals surface area contributed by atoms with E-state index in [2.05, 4.69) is 19.2 Å². The Morgan fingerprint density at radius 2 is 1.91 bits per heavy atom. The molecular formula is C18H23NO3. The van der Waals surface area contributed by atoms with Crippen LogP contribution in [0.5, 0.6) is 5.75 Å². The molecular weight excluding hydrogens is 278 g/mol. The number of furan rings is 1. The van der Waals surface area contributed by atoms with Crippen molar-refractivity contribution in [2.45, 2.75) is 39.2 Å². The van der Waals surface area contributed by atoms with Crippen molar-refractivity contribution in [3.8, 4) is 5.75 Å². The van der Waals surface area contributed by atoms with Crippen molar-refractivity contribution in [2.24, 2.45) is 0 Å². The Morgan fingerprint density at radius 1 is 1.18 bits per heavy atom. The number of carbonyl (C=O) groups excluding carboxylic acids is 1. The van der Waals surface area contributed by atoms with Gasteiger partial charge in [-0.1, -0.05) is 26.0 Å². The Bertz CT molecular complexity index is 573. The highest BCUT2D eigenvalue weighted by Gasteiger charge is 2.09. The summed E-state index contributed by atoms with van der Waals surface area (Å²) in [5.74, 6) is 1.08. The molecule has 0 saturated heterocycles. The van der Waals surface area contributed by atoms with Crippen LogP contribution in [0.25, 0.3) is 0 Å². The van der Waals surface area contributed by atoms with Crippen LogP contribution in [0.15, 0.2) is 47.3 Å². The van der Waals surface area contributed by atoms with E-state index in [1.807, 2.05) is 37.3 Å². The zero-order valence-electron chi connectivity index (χ0n) is 13.3. The van der Waals surface area contributed by atoms with Crippen molar-refractivity contribution in [3.63, 3.8) is 0 Å². The van der Waals surface area contributed by atoms with Crippen LogP contribution in [0.3, 0.4) is 0 Å². The van der Waals surface area contributed by atoms with Crippen LogP contribution in [0.4, 0.5) is 0 Å². The smallest absolute Gasteiger partial charge is 0.258 e. The summed E-state index contributed by atoms with van der Waals surface area (Å²) in [6.07, 6.45) is 4.06. The van der Waals surface area contributed by atoms with Gasteiger partial charge < -0.3 is 14.5 Å². The van der Waals surface area contributed by atoms with Crippen molar-refractivity contribution in [1.82, 2.24) is 5.32 Å². The molecule has 1 unspecified atom stereocenters. The first kappa shape index (κ1) is 16.1. The molecule has 2 aromatic rings. The van der Waals surface area contributed by atoms with Crippen LogP contribution in [-0.4, -0.2) is 18.6 Å². The predicted molar refractivity (Wildman–Crippen MR) is 86.0 cm³/mol. The van der Waals surface area contributed by atoms with Gasteiger partial charge in [0.1, 0.15) is 5.75 Å². The molecule has 118 valence electrons. The summed E-state index contributed by atoms with van der Waals surface area (Å²) < 4.78 is 10.5. The van der Waals surface area contributed by atoms with Crippen molar-refractivity contribution < 1.29 is 13.9 Å². The Morgan fingerprint density at radius 3 is 2.50 bits per heavy atom. The fraction of sp³-hybridized carbons (Fsp3) is 0.389. The lowest BCUT2D eigenvalue weighted by molar-refractivity contribution is -0.123. The van der Waals surface area contributed by atoms with E-state index in [1.54, 1.807) is 12.5 Å². The molecule has 22 heavy (non-hydrogen) atoms. The topological polar surface area (TPSA) is 51.5 Å². The van der Waals surface area contributed by atoms with Crippen LogP contribution in [-0.2, 0) is 11.2 Å². The Labute approximate surface area is 131 Å². The second-order valence-corrected chi connectivity index (χ2v) is 5.82. The number of rotatable bonds is 7. The molecule has 0 radical (unpaired) electrons. The van der Waals surface area contributed by atoms with E-state index in [4.69, 9.17) is 9.15 Å². The zero-order valence-corrected chi connectivity index (χ0v) is 13.3. The van der Waals surface area contributed by atoms with E-state index < -0.39 is 0 Å². The second-order valence-electron chi connectivity index (χ2n) is 5.82. The first-order chi connectivity index (χ1) is 10.5. The molecule has 0 spiro atoms. The third-order valence-electron chi connectivity index (χ3n) is 3.45. The van der Waals surface area contributed by atoms with Gasteiger partial charge in [0, 0.05) is 6.04 Å². The highest BCUT2D eigenvalue weighted by atomic mass is 16.5. The molecule has 0 aliphatic rings. The van der Waals surface area contributed by atoms with Crippen molar-refractivity contribution >= 4 is 5.91 Å². The molecule has 1 heterocycles. The maximum atomic E-state index is 11.9. The van der Waals surface area contributed by atoms with Gasteiger partial charge in [0.25, 0.3) is 5.91 Å². The third kappa shape index (κ3) is 4.95. The molecule has 0 fully saturated rings. The number of nitrogens with one attached hydrogen (secondary N) is 1. The molecule has 2 rings (SSSR count). The highest BCUT2D eigenvalue weighted by molar-refractivity contribution is 5.77. The van der Waals surface area contributed by atoms with Gasteiger partial charge in [0.15, 0.2) is 6.61 Å². The van der Waals surface area contributed by atoms with Gasteiger partial charge >= 0.3 is 0 Å². The summed E-state index contributed by atoms with van der Waals surface area (Å²) >= 11 is 0. The van der Waals surface area contributed by atoms with Gasteiger partial charge in [-0.25, -0.2) is 0 Å². The lowest BCUT2D eigenvalue weighted by Crippen LogP contribution is -2.37. The molecule has 4 heteroatoms. The van der Waals surface area contributed by atoms with Gasteiger partial charge in [-0.3, -0.25) is 4.79 Å². The first-order valence-corrected chi connectivity index (χ1v) is 7.58. The standard InChI is InChI=1S/C18H23NO3/c1-13(2)16-4-6-17(7-5-16)22-12-18(20)19-14(3)10-15-8-9-21-11-15/h4-9,11,13-14H,10,12H2,1-3H3,(H,19,20). The summed E-state index contributed by atoms with van der Waals surface area (Å²) in [5, 5.41) is 2.91. The lowest BCUT2D eigenvalue weighted by atomic mass is 10.0. The summed E-state index contributed by atoms with van der Waals surface area (Å²) in [6, 6.07) is 9.79. The number of hydrogen-bond donors (Lipinski definition) is 1. The number of ether oxygens (including phenoxy) is 1. The number of benzene rings is 1. The van der Waals surface area contributed by atoms with Gasteiger partial charge in [0.2, 0.25) is 0 Å². The second kappa shape index (κ2) is 7.69. The average Bonchev–Trinajstić information content (AvgIpc) is 2.98. The average molecular weight is 301 g/mol. The number of carbonyl (C=O) groups is 1. The maximum absolute atomic E-state index is 11.9. The van der Waals surface area contributed by atoms with Crippen LogP contribution < -0.4 is 10.1 Å². The van der Waals surface area contributed by atoms with E-state index in [1.165, 1.54) is 5.56 Å². The van der Waals surface area contributed by atoms with Crippen LogP contribution >= 0.6 is 0 Å². The summed E-state index contributed by atoms with van der Waals surface area (Å²) in [6.45, 7) is 6.27. The van der Waals surface area contributed by atoms with E-state index in [9.17, 15) is 4.79 Å². The van der Waals surface area contributed by atoms with E-state index >= 15 is 0 Å². The minimum atomic E-state index is -0.121. The van der Waals surface area contributed by atoms with Crippen molar-refractivity contribution in [2.75, 3.05) is 6.61 Å². The van der Waals surface area contributed by atoms with E-state index in [0.29, 0.717) is 11.7 Å². The van der Waals surface area contributed by atoms with Gasteiger partial charge in [-0.15, -0.1) is 0 Å². The number of amides is 1. The van der Waals surface area contributed by atoms with Crippen LogP contribution in [0, 0.1) is 0 Å². The zero-order chi connectivity index (χ0) is 15.9. The lowest BCUT2D eigenvalue weighted by Gasteiger charge is -2.13. The van der Waals surface area contributed by atoms with Crippen molar-refractivity contribution in [3.05, 3.63) is 54.0 Å². The molecule has 1 aromatic heterocycles. The monoisotopic (exact) mass is 301 g/mol. The Hall–Kier alpha value is -2.23. The van der Waals surface area contributed by atoms with Gasteiger partial charge in [0.05, 0.1) is 12.5 Å². The summed E-state index contributed by atoms with van der Waals surface area (Å²) in [5.41, 5.74) is 2.32. The molecule has 1 atom stereocenters. The van der Waals surface area contributed by atoms with E-state index in [-0.39, 0.29) is 18.6 Å². The fourth-order valence-electron chi connectivity index (χ4n) is 2.23. The fourth-order valence-corrected chi connectivity index (χ4v) is 2.23. The minimum absolute atomic E-state index is 0.0246. The van der Waals surface area contributed by atoms with Crippen molar-refractivity contribution in [1.29, 1.82) is 0 Å². The Kier molecular flexibility index (Phi) is 5.64. The highest BCUT2D eigenvalue weighted by Crippen LogP contribution is 2.18. The Balaban J connectivity index is 1.75. The van der Waals surface area contributed by atoms with Crippen LogP contribution in [0.1, 0.15) is 37.8 Å². The molecule has 0 bridgehead atoms. The minimum Gasteiger partial charge on any atom is -0.484 e. The molecule has 0 aliphatic carbocycles. The quantitative estimate of drug-likeness (QED) is 0.851. The van der Waals surface area contributed by atoms with E-state index in [0.717, 1.165) is 12.0 Å². The first-order valence-electron chi connectivity index (χ1n) is 7.58. The van der Waals surface area contributed by atoms with Gasteiger partial charge in [-0.2, -0.15) is 0 Å². The molecule has 1 N–H and O–H groups in total. The maximum Gasteiger partial charge on any atom is 0.258 e. The third-order valence-corrected chi connectivity index (χ3v) is 3.45.